The molecular formula is C13H18F2O5S2. The van der Waals surface area contributed by atoms with Gasteiger partial charge in [-0.05, 0) is 31.0 Å². The van der Waals surface area contributed by atoms with Crippen molar-refractivity contribution in [1.82, 2.24) is 0 Å². The molecule has 1 aromatic rings. The average Bonchev–Trinajstić information content (AvgIpc) is 2.34. The summed E-state index contributed by atoms with van der Waals surface area (Å²) in [6, 6.07) is 2.39. The minimum atomic E-state index is -4.60. The standard InChI is InChI=1S/C13H18F2O5S2/c1-21(16,17)8-4-2-3-5-13(22(18,19)20)11-9-10(14)6-7-12(11)15/h6-7,9,13H,2-5,8H2,1H3,(H,18,19,20). The van der Waals surface area contributed by atoms with Crippen LogP contribution in [0.1, 0.15) is 36.5 Å². The van der Waals surface area contributed by atoms with Crippen LogP contribution in [0.25, 0.3) is 0 Å². The van der Waals surface area contributed by atoms with Crippen LogP contribution in [0, 0.1) is 11.6 Å². The molecular weight excluding hydrogens is 338 g/mol. The molecule has 1 aromatic carbocycles. The third-order valence-corrected chi connectivity index (χ3v) is 5.38. The highest BCUT2D eigenvalue weighted by atomic mass is 32.2. The first-order valence-corrected chi connectivity index (χ1v) is 10.2. The minimum absolute atomic E-state index is 0.0299. The first kappa shape index (κ1) is 19.0. The molecule has 0 aromatic heterocycles. The smallest absolute Gasteiger partial charge is 0.272 e. The Balaban J connectivity index is 2.77. The maximum atomic E-state index is 13.7. The number of hydrogen-bond acceptors (Lipinski definition) is 4. The summed E-state index contributed by atoms with van der Waals surface area (Å²) in [6.07, 6.45) is 1.97. The van der Waals surface area contributed by atoms with Gasteiger partial charge < -0.3 is 0 Å². The summed E-state index contributed by atoms with van der Waals surface area (Å²) in [5.41, 5.74) is -0.425. The van der Waals surface area contributed by atoms with Crippen molar-refractivity contribution < 1.29 is 30.2 Å². The third kappa shape index (κ3) is 6.37. The van der Waals surface area contributed by atoms with E-state index < -0.39 is 42.4 Å². The van der Waals surface area contributed by atoms with Gasteiger partial charge in [0.25, 0.3) is 10.1 Å². The van der Waals surface area contributed by atoms with Crippen molar-refractivity contribution in [1.29, 1.82) is 0 Å². The van der Waals surface area contributed by atoms with Crippen LogP contribution < -0.4 is 0 Å². The molecule has 0 aliphatic rings. The lowest BCUT2D eigenvalue weighted by Crippen LogP contribution is -2.14. The zero-order valence-electron chi connectivity index (χ0n) is 12.0. The highest BCUT2D eigenvalue weighted by Gasteiger charge is 2.27. The van der Waals surface area contributed by atoms with E-state index >= 15 is 0 Å². The second kappa shape index (κ2) is 7.47. The molecule has 0 bridgehead atoms. The number of halogens is 2. The molecule has 0 radical (unpaired) electrons. The van der Waals surface area contributed by atoms with E-state index in [1.807, 2.05) is 0 Å². The van der Waals surface area contributed by atoms with Crippen LogP contribution in [-0.4, -0.2) is 33.4 Å². The van der Waals surface area contributed by atoms with Crippen molar-refractivity contribution in [3.8, 4) is 0 Å². The molecule has 22 heavy (non-hydrogen) atoms. The molecule has 5 nitrogen and oxygen atoms in total. The van der Waals surface area contributed by atoms with E-state index in [2.05, 4.69) is 0 Å². The first-order valence-electron chi connectivity index (χ1n) is 6.59. The van der Waals surface area contributed by atoms with Crippen molar-refractivity contribution >= 4 is 20.0 Å². The predicted octanol–water partition coefficient (Wildman–Crippen LogP) is 2.50. The quantitative estimate of drug-likeness (QED) is 0.571. The van der Waals surface area contributed by atoms with Crippen LogP contribution >= 0.6 is 0 Å². The summed E-state index contributed by atoms with van der Waals surface area (Å²) in [5, 5.41) is -1.57. The Bertz CT molecular complexity index is 714. The van der Waals surface area contributed by atoms with Crippen molar-refractivity contribution in [2.24, 2.45) is 0 Å². The molecule has 0 aliphatic heterocycles. The minimum Gasteiger partial charge on any atom is -0.285 e. The topological polar surface area (TPSA) is 88.5 Å². The molecule has 126 valence electrons. The SMILES string of the molecule is CS(=O)(=O)CCCCCC(c1cc(F)ccc1F)S(=O)(=O)O. The molecule has 0 fully saturated rings. The fraction of sp³-hybridized carbons (Fsp3) is 0.538. The van der Waals surface area contributed by atoms with Gasteiger partial charge in [0, 0.05) is 17.6 Å². The van der Waals surface area contributed by atoms with Crippen LogP contribution in [0.4, 0.5) is 8.78 Å². The van der Waals surface area contributed by atoms with E-state index in [4.69, 9.17) is 0 Å². The molecule has 1 atom stereocenters. The average molecular weight is 356 g/mol. The highest BCUT2D eigenvalue weighted by Crippen LogP contribution is 2.30. The fourth-order valence-corrected chi connectivity index (χ4v) is 3.79. The molecule has 9 heteroatoms. The summed E-state index contributed by atoms with van der Waals surface area (Å²) in [4.78, 5) is 0. The Morgan fingerprint density at radius 2 is 1.73 bits per heavy atom. The monoisotopic (exact) mass is 356 g/mol. The van der Waals surface area contributed by atoms with Gasteiger partial charge in [0.2, 0.25) is 0 Å². The largest absolute Gasteiger partial charge is 0.285 e. The number of sulfone groups is 1. The summed E-state index contributed by atoms with van der Waals surface area (Å²) in [6.45, 7) is 0. The normalized spacial score (nSPS) is 14.0. The summed E-state index contributed by atoms with van der Waals surface area (Å²) in [5.74, 6) is -1.75. The van der Waals surface area contributed by atoms with Crippen LogP contribution in [-0.2, 0) is 20.0 Å². The molecule has 0 aliphatic carbocycles. The molecule has 0 saturated heterocycles. The van der Waals surface area contributed by atoms with Crippen molar-refractivity contribution in [3.05, 3.63) is 35.4 Å². The lowest BCUT2D eigenvalue weighted by atomic mass is 10.0. The number of hydrogen-bond donors (Lipinski definition) is 1. The van der Waals surface area contributed by atoms with Gasteiger partial charge in [0.1, 0.15) is 26.7 Å². The van der Waals surface area contributed by atoms with Gasteiger partial charge >= 0.3 is 0 Å². The van der Waals surface area contributed by atoms with Crippen LogP contribution in [0.15, 0.2) is 18.2 Å². The maximum Gasteiger partial charge on any atom is 0.272 e. The Hall–Kier alpha value is -1.06. The summed E-state index contributed by atoms with van der Waals surface area (Å²) in [7, 11) is -7.69. The van der Waals surface area contributed by atoms with Gasteiger partial charge in [0.15, 0.2) is 0 Å². The van der Waals surface area contributed by atoms with Gasteiger partial charge in [-0.2, -0.15) is 8.42 Å². The van der Waals surface area contributed by atoms with E-state index in [0.717, 1.165) is 24.5 Å². The second-order valence-corrected chi connectivity index (χ2v) is 9.01. The van der Waals surface area contributed by atoms with E-state index in [1.54, 1.807) is 0 Å². The molecule has 0 amide bonds. The van der Waals surface area contributed by atoms with Gasteiger partial charge in [0.05, 0.1) is 0 Å². The van der Waals surface area contributed by atoms with Crippen LogP contribution in [0.2, 0.25) is 0 Å². The van der Waals surface area contributed by atoms with E-state index in [0.29, 0.717) is 12.8 Å². The summed E-state index contributed by atoms with van der Waals surface area (Å²) < 4.78 is 80.7. The number of rotatable bonds is 8. The van der Waals surface area contributed by atoms with E-state index in [1.165, 1.54) is 0 Å². The molecule has 0 spiro atoms. The molecule has 0 saturated carbocycles. The van der Waals surface area contributed by atoms with Gasteiger partial charge in [-0.15, -0.1) is 0 Å². The van der Waals surface area contributed by atoms with Gasteiger partial charge in [-0.3, -0.25) is 4.55 Å². The Morgan fingerprint density at radius 3 is 2.27 bits per heavy atom. The molecule has 1 N–H and O–H groups in total. The lowest BCUT2D eigenvalue weighted by molar-refractivity contribution is 0.454. The molecule has 1 unspecified atom stereocenters. The predicted molar refractivity (Wildman–Crippen MR) is 78.8 cm³/mol. The zero-order valence-corrected chi connectivity index (χ0v) is 13.6. The van der Waals surface area contributed by atoms with Crippen molar-refractivity contribution in [2.45, 2.75) is 30.9 Å². The van der Waals surface area contributed by atoms with Crippen LogP contribution in [0.3, 0.4) is 0 Å². The van der Waals surface area contributed by atoms with Gasteiger partial charge in [-0.1, -0.05) is 12.8 Å². The number of unbranched alkanes of at least 4 members (excludes halogenated alkanes) is 2. The molecule has 0 heterocycles. The molecule has 1 rings (SSSR count). The first-order chi connectivity index (χ1) is 10.0. The zero-order chi connectivity index (χ0) is 17.0. The Morgan fingerprint density at radius 1 is 1.09 bits per heavy atom. The van der Waals surface area contributed by atoms with Crippen LogP contribution in [0.5, 0.6) is 0 Å². The fourth-order valence-electron chi connectivity index (χ4n) is 2.10. The third-order valence-electron chi connectivity index (χ3n) is 3.15. The lowest BCUT2D eigenvalue weighted by Gasteiger charge is -2.15. The van der Waals surface area contributed by atoms with E-state index in [-0.39, 0.29) is 18.6 Å². The highest BCUT2D eigenvalue weighted by molar-refractivity contribution is 7.90. The summed E-state index contributed by atoms with van der Waals surface area (Å²) >= 11 is 0. The van der Waals surface area contributed by atoms with Gasteiger partial charge in [-0.25, -0.2) is 17.2 Å². The Labute approximate surface area is 129 Å². The maximum absolute atomic E-state index is 13.7. The number of benzene rings is 1. The van der Waals surface area contributed by atoms with Crippen molar-refractivity contribution in [3.63, 3.8) is 0 Å². The Kier molecular flexibility index (Phi) is 6.45. The second-order valence-electron chi connectivity index (χ2n) is 5.15. The van der Waals surface area contributed by atoms with Crippen molar-refractivity contribution in [2.75, 3.05) is 12.0 Å². The van der Waals surface area contributed by atoms with E-state index in [9.17, 15) is 30.2 Å².